The van der Waals surface area contributed by atoms with Crippen molar-refractivity contribution in [2.45, 2.75) is 20.8 Å². The fourth-order valence-electron chi connectivity index (χ4n) is 2.38. The Hall–Kier alpha value is -2.68. The molecule has 0 unspecified atom stereocenters. The van der Waals surface area contributed by atoms with Gasteiger partial charge in [-0.25, -0.2) is 4.39 Å². The first kappa shape index (κ1) is 16.7. The van der Waals surface area contributed by atoms with Crippen molar-refractivity contribution in [2.24, 2.45) is 5.73 Å². The summed E-state index contributed by atoms with van der Waals surface area (Å²) in [4.78, 5) is 3.95. The molecule has 0 aliphatic rings. The van der Waals surface area contributed by atoms with Crippen LogP contribution in [0.5, 0.6) is 0 Å². The first-order valence-corrected chi connectivity index (χ1v) is 7.51. The van der Waals surface area contributed by atoms with Crippen LogP contribution in [0.1, 0.15) is 18.1 Å². The van der Waals surface area contributed by atoms with Gasteiger partial charge in [0.2, 0.25) is 0 Å². The molecule has 2 N–H and O–H groups in total. The lowest BCUT2D eigenvalue weighted by molar-refractivity contribution is 0.635. The highest BCUT2D eigenvalue weighted by Gasteiger charge is 2.00. The van der Waals surface area contributed by atoms with Crippen molar-refractivity contribution >= 4 is 23.2 Å². The second-order valence-corrected chi connectivity index (χ2v) is 5.41. The van der Waals surface area contributed by atoms with E-state index in [0.29, 0.717) is 5.52 Å². The van der Waals surface area contributed by atoms with E-state index in [1.54, 1.807) is 18.5 Å². The number of hydrogen-bond acceptors (Lipinski definition) is 2. The Labute approximate surface area is 135 Å². The number of aromatic nitrogens is 1. The molecule has 0 saturated carbocycles. The van der Waals surface area contributed by atoms with Gasteiger partial charge in [-0.15, -0.1) is 0 Å². The molecule has 0 spiro atoms. The first-order valence-electron chi connectivity index (χ1n) is 7.51. The van der Waals surface area contributed by atoms with Crippen LogP contribution < -0.4 is 16.2 Å². The summed E-state index contributed by atoms with van der Waals surface area (Å²) in [6, 6.07) is 13.3. The van der Waals surface area contributed by atoms with Gasteiger partial charge >= 0.3 is 0 Å². The maximum Gasteiger partial charge on any atom is 0.149 e. The number of benzene rings is 2. The third kappa shape index (κ3) is 4.16. The summed E-state index contributed by atoms with van der Waals surface area (Å²) in [6.07, 6.45) is 5.29. The summed E-state index contributed by atoms with van der Waals surface area (Å²) >= 11 is 0. The highest BCUT2D eigenvalue weighted by atomic mass is 19.1. The van der Waals surface area contributed by atoms with Crippen molar-refractivity contribution < 1.29 is 4.39 Å². The number of fused-ring (bicyclic) bond motifs is 1. The van der Waals surface area contributed by atoms with Crippen LogP contribution in [0, 0.1) is 19.7 Å². The van der Waals surface area contributed by atoms with Crippen LogP contribution in [-0.2, 0) is 0 Å². The summed E-state index contributed by atoms with van der Waals surface area (Å²) in [7, 11) is 0. The zero-order valence-corrected chi connectivity index (χ0v) is 13.7. The van der Waals surface area contributed by atoms with E-state index in [1.807, 2.05) is 32.0 Å². The lowest BCUT2D eigenvalue weighted by atomic mass is 10.1. The number of nitrogens with zero attached hydrogens (tertiary/aromatic N) is 1. The molecule has 1 aromatic heterocycles. The summed E-state index contributed by atoms with van der Waals surface area (Å²) in [5.74, 6) is -0.245. The number of hydrogen-bond donors (Lipinski definition) is 1. The van der Waals surface area contributed by atoms with Crippen molar-refractivity contribution in [3.05, 3.63) is 76.0 Å². The Morgan fingerprint density at radius 2 is 1.78 bits per heavy atom. The van der Waals surface area contributed by atoms with Gasteiger partial charge < -0.3 is 5.73 Å². The Kier molecular flexibility index (Phi) is 5.47. The molecular weight excluding hydrogens is 287 g/mol. The zero-order chi connectivity index (χ0) is 16.8. The monoisotopic (exact) mass is 308 g/mol. The van der Waals surface area contributed by atoms with Crippen LogP contribution >= 0.6 is 0 Å². The predicted molar refractivity (Wildman–Crippen MR) is 95.7 cm³/mol. The predicted octanol–water partition coefficient (Wildman–Crippen LogP) is 3.17. The molecule has 0 amide bonds. The molecule has 0 fully saturated rings. The lowest BCUT2D eigenvalue weighted by Gasteiger charge is -1.98. The standard InChI is InChI=1S/C10H8FN.C10H13N/c1-7-5-8-3-2-4-12-10(8)9(11)6-7;1-3-9-6-8(2)4-5-10(9)7-11/h2-6H,1H3;3-7H,11H2,1-2H3/b;9-3-,10-7-. The van der Waals surface area contributed by atoms with Gasteiger partial charge in [-0.1, -0.05) is 35.9 Å². The molecule has 0 atom stereocenters. The maximum atomic E-state index is 13.2. The number of rotatable bonds is 0. The van der Waals surface area contributed by atoms with E-state index in [9.17, 15) is 4.39 Å². The average Bonchev–Trinajstić information content (AvgIpc) is 2.55. The van der Waals surface area contributed by atoms with E-state index >= 15 is 0 Å². The van der Waals surface area contributed by atoms with Gasteiger partial charge in [-0.3, -0.25) is 4.98 Å². The molecule has 1 heterocycles. The smallest absolute Gasteiger partial charge is 0.149 e. The number of halogens is 1. The van der Waals surface area contributed by atoms with E-state index in [0.717, 1.165) is 16.2 Å². The molecule has 0 radical (unpaired) electrons. The fourth-order valence-corrected chi connectivity index (χ4v) is 2.38. The number of nitrogens with two attached hydrogens (primary N) is 1. The quantitative estimate of drug-likeness (QED) is 0.693. The van der Waals surface area contributed by atoms with Crippen molar-refractivity contribution in [3.63, 3.8) is 0 Å². The minimum atomic E-state index is -0.245. The second kappa shape index (κ2) is 7.54. The maximum absolute atomic E-state index is 13.2. The highest BCUT2D eigenvalue weighted by molar-refractivity contribution is 5.79. The topological polar surface area (TPSA) is 38.9 Å². The second-order valence-electron chi connectivity index (χ2n) is 5.41. The summed E-state index contributed by atoms with van der Waals surface area (Å²) < 4.78 is 13.2. The van der Waals surface area contributed by atoms with E-state index in [-0.39, 0.29) is 5.82 Å². The van der Waals surface area contributed by atoms with Gasteiger partial charge in [0.15, 0.2) is 0 Å². The molecular formula is C20H21FN2. The summed E-state index contributed by atoms with van der Waals surface area (Å²) in [5, 5.41) is 3.15. The molecule has 2 aromatic carbocycles. The van der Waals surface area contributed by atoms with Crippen LogP contribution in [0.25, 0.3) is 23.2 Å². The van der Waals surface area contributed by atoms with Gasteiger partial charge in [-0.2, -0.15) is 0 Å². The van der Waals surface area contributed by atoms with Crippen molar-refractivity contribution in [1.29, 1.82) is 0 Å². The fraction of sp³-hybridized carbons (Fsp3) is 0.150. The summed E-state index contributed by atoms with van der Waals surface area (Å²) in [5.41, 5.74) is 8.07. The molecule has 3 heteroatoms. The molecule has 23 heavy (non-hydrogen) atoms. The van der Waals surface area contributed by atoms with Crippen LogP contribution in [0.4, 0.5) is 4.39 Å². The molecule has 2 nitrogen and oxygen atoms in total. The Morgan fingerprint density at radius 1 is 1.00 bits per heavy atom. The lowest BCUT2D eigenvalue weighted by Crippen LogP contribution is -2.25. The van der Waals surface area contributed by atoms with Crippen molar-refractivity contribution in [3.8, 4) is 0 Å². The third-order valence-electron chi connectivity index (χ3n) is 3.54. The van der Waals surface area contributed by atoms with Crippen LogP contribution in [0.2, 0.25) is 0 Å². The molecule has 0 aliphatic heterocycles. The van der Waals surface area contributed by atoms with Gasteiger partial charge in [0.25, 0.3) is 0 Å². The molecule has 3 rings (SSSR count). The molecule has 0 aliphatic carbocycles. The van der Waals surface area contributed by atoms with Crippen LogP contribution in [0.15, 0.2) is 48.7 Å². The largest absolute Gasteiger partial charge is 0.404 e. The van der Waals surface area contributed by atoms with Crippen molar-refractivity contribution in [2.75, 3.05) is 0 Å². The van der Waals surface area contributed by atoms with Gasteiger partial charge in [0, 0.05) is 17.8 Å². The van der Waals surface area contributed by atoms with E-state index < -0.39 is 0 Å². The van der Waals surface area contributed by atoms with Gasteiger partial charge in [-0.05, 0) is 55.0 Å². The SMILES string of the molecule is C/C=c1/cc(C)cc/c1=C/N.Cc1cc(F)c2ncccc2c1. The van der Waals surface area contributed by atoms with Crippen LogP contribution in [-0.4, -0.2) is 4.98 Å². The Bertz CT molecular complexity index is 930. The molecule has 0 saturated heterocycles. The average molecular weight is 308 g/mol. The highest BCUT2D eigenvalue weighted by Crippen LogP contribution is 2.16. The van der Waals surface area contributed by atoms with Crippen molar-refractivity contribution in [1.82, 2.24) is 4.98 Å². The number of aryl methyl sites for hydroxylation is 2. The summed E-state index contributed by atoms with van der Waals surface area (Å²) in [6.45, 7) is 5.96. The Balaban J connectivity index is 0.000000168. The normalized spacial score (nSPS) is 12.2. The van der Waals surface area contributed by atoms with E-state index in [1.165, 1.54) is 16.8 Å². The van der Waals surface area contributed by atoms with E-state index in [2.05, 4.69) is 30.1 Å². The zero-order valence-electron chi connectivity index (χ0n) is 13.7. The van der Waals surface area contributed by atoms with E-state index in [4.69, 9.17) is 5.73 Å². The molecule has 0 bridgehead atoms. The van der Waals surface area contributed by atoms with Gasteiger partial charge in [0.1, 0.15) is 11.3 Å². The minimum absolute atomic E-state index is 0.245. The first-order chi connectivity index (χ1) is 11.0. The van der Waals surface area contributed by atoms with Gasteiger partial charge in [0.05, 0.1) is 0 Å². The number of pyridine rings is 1. The molecule has 3 aromatic rings. The molecule has 118 valence electrons. The van der Waals surface area contributed by atoms with Crippen LogP contribution in [0.3, 0.4) is 0 Å². The minimum Gasteiger partial charge on any atom is -0.404 e. The Morgan fingerprint density at radius 3 is 2.48 bits per heavy atom. The third-order valence-corrected chi connectivity index (χ3v) is 3.54.